The van der Waals surface area contributed by atoms with Crippen molar-refractivity contribution in [3.05, 3.63) is 42.4 Å². The molecule has 1 aliphatic rings. The summed E-state index contributed by atoms with van der Waals surface area (Å²) in [6.07, 6.45) is 6.38. The molecule has 0 amide bonds. The molecule has 96 valence electrons. The fourth-order valence-corrected chi connectivity index (χ4v) is 2.48. The number of rotatable bonds is 3. The second-order valence-corrected chi connectivity index (χ2v) is 4.69. The van der Waals surface area contributed by atoms with Crippen LogP contribution in [0.25, 0.3) is 0 Å². The van der Waals surface area contributed by atoms with Crippen molar-refractivity contribution in [2.75, 3.05) is 6.61 Å². The van der Waals surface area contributed by atoms with Gasteiger partial charge in [0.25, 0.3) is 0 Å². The molecule has 0 bridgehead atoms. The van der Waals surface area contributed by atoms with Crippen molar-refractivity contribution in [2.45, 2.75) is 32.1 Å². The maximum atomic E-state index is 9.53. The standard InChI is InChI=1S/C13H17N3O2/c17-9-11-3-4-15-10-14-6-12(15)7-16(11)8-13-2-1-5-18-13/h1-2,5-6,10-11,17H,3-4,7-9H2. The van der Waals surface area contributed by atoms with Gasteiger partial charge in [0.15, 0.2) is 0 Å². The molecule has 5 heteroatoms. The van der Waals surface area contributed by atoms with Crippen molar-refractivity contribution in [2.24, 2.45) is 0 Å². The van der Waals surface area contributed by atoms with Gasteiger partial charge in [0.05, 0.1) is 31.4 Å². The van der Waals surface area contributed by atoms with Crippen LogP contribution in [0.1, 0.15) is 17.9 Å². The van der Waals surface area contributed by atoms with E-state index in [-0.39, 0.29) is 12.6 Å². The third kappa shape index (κ3) is 2.19. The maximum absolute atomic E-state index is 9.53. The Bertz CT molecular complexity index is 492. The molecule has 0 saturated carbocycles. The zero-order chi connectivity index (χ0) is 12.4. The largest absolute Gasteiger partial charge is 0.468 e. The van der Waals surface area contributed by atoms with Gasteiger partial charge in [-0.15, -0.1) is 0 Å². The molecule has 18 heavy (non-hydrogen) atoms. The minimum absolute atomic E-state index is 0.176. The number of aromatic nitrogens is 2. The predicted octanol–water partition coefficient (Wildman–Crippen LogP) is 1.24. The van der Waals surface area contributed by atoms with Gasteiger partial charge in [-0.1, -0.05) is 0 Å². The van der Waals surface area contributed by atoms with Gasteiger partial charge < -0.3 is 14.1 Å². The van der Waals surface area contributed by atoms with Crippen molar-refractivity contribution < 1.29 is 9.52 Å². The first-order valence-corrected chi connectivity index (χ1v) is 6.23. The first-order chi connectivity index (χ1) is 8.86. The van der Waals surface area contributed by atoms with Crippen molar-refractivity contribution >= 4 is 0 Å². The number of nitrogens with zero attached hydrogens (tertiary/aromatic N) is 3. The molecule has 0 spiro atoms. The van der Waals surface area contributed by atoms with E-state index in [1.165, 1.54) is 5.69 Å². The number of furan rings is 1. The highest BCUT2D eigenvalue weighted by molar-refractivity contribution is 5.04. The van der Waals surface area contributed by atoms with E-state index >= 15 is 0 Å². The second-order valence-electron chi connectivity index (χ2n) is 4.69. The van der Waals surface area contributed by atoms with E-state index in [0.29, 0.717) is 0 Å². The number of aliphatic hydroxyl groups is 1. The van der Waals surface area contributed by atoms with Gasteiger partial charge in [-0.25, -0.2) is 4.98 Å². The Hall–Kier alpha value is -1.59. The summed E-state index contributed by atoms with van der Waals surface area (Å²) in [5.41, 5.74) is 1.19. The Morgan fingerprint density at radius 1 is 1.50 bits per heavy atom. The van der Waals surface area contributed by atoms with Crippen LogP contribution in [0.4, 0.5) is 0 Å². The molecule has 1 unspecified atom stereocenters. The summed E-state index contributed by atoms with van der Waals surface area (Å²) in [5, 5.41) is 9.53. The van der Waals surface area contributed by atoms with Crippen LogP contribution < -0.4 is 0 Å². The van der Waals surface area contributed by atoms with E-state index in [4.69, 9.17) is 4.42 Å². The van der Waals surface area contributed by atoms with Crippen molar-refractivity contribution in [3.63, 3.8) is 0 Å². The van der Waals surface area contributed by atoms with Crippen LogP contribution in [-0.4, -0.2) is 32.2 Å². The lowest BCUT2D eigenvalue weighted by molar-refractivity contribution is 0.101. The Balaban J connectivity index is 1.80. The molecule has 0 aliphatic carbocycles. The maximum Gasteiger partial charge on any atom is 0.117 e. The van der Waals surface area contributed by atoms with Crippen LogP contribution in [0.3, 0.4) is 0 Å². The van der Waals surface area contributed by atoms with Gasteiger partial charge in [0.2, 0.25) is 0 Å². The molecule has 2 aromatic rings. The van der Waals surface area contributed by atoms with Crippen LogP contribution in [0.2, 0.25) is 0 Å². The highest BCUT2D eigenvalue weighted by Crippen LogP contribution is 2.19. The topological polar surface area (TPSA) is 54.4 Å². The number of imidazole rings is 1. The fraction of sp³-hybridized carbons (Fsp3) is 0.462. The summed E-state index contributed by atoms with van der Waals surface area (Å²) in [7, 11) is 0. The smallest absolute Gasteiger partial charge is 0.117 e. The third-order valence-electron chi connectivity index (χ3n) is 3.53. The molecular formula is C13H17N3O2. The molecule has 2 aromatic heterocycles. The average molecular weight is 247 g/mol. The van der Waals surface area contributed by atoms with E-state index in [9.17, 15) is 5.11 Å². The Labute approximate surface area is 106 Å². The third-order valence-corrected chi connectivity index (χ3v) is 3.53. The SMILES string of the molecule is OCC1CCn2cncc2CN1Cc1ccco1. The van der Waals surface area contributed by atoms with Gasteiger partial charge in [0.1, 0.15) is 5.76 Å². The second kappa shape index (κ2) is 4.96. The van der Waals surface area contributed by atoms with E-state index in [1.54, 1.807) is 6.26 Å². The lowest BCUT2D eigenvalue weighted by Crippen LogP contribution is -2.36. The van der Waals surface area contributed by atoms with Gasteiger partial charge in [-0.3, -0.25) is 4.90 Å². The summed E-state index contributed by atoms with van der Waals surface area (Å²) >= 11 is 0. The van der Waals surface area contributed by atoms with Crippen LogP contribution in [0, 0.1) is 0 Å². The summed E-state index contributed by atoms with van der Waals surface area (Å²) in [5.74, 6) is 0.932. The Kier molecular flexibility index (Phi) is 3.17. The number of hydrogen-bond donors (Lipinski definition) is 1. The summed E-state index contributed by atoms with van der Waals surface area (Å²) < 4.78 is 7.55. The number of hydrogen-bond acceptors (Lipinski definition) is 4. The van der Waals surface area contributed by atoms with E-state index < -0.39 is 0 Å². The highest BCUT2D eigenvalue weighted by atomic mass is 16.3. The zero-order valence-corrected chi connectivity index (χ0v) is 10.2. The molecule has 3 rings (SSSR count). The molecular weight excluding hydrogens is 230 g/mol. The molecule has 0 fully saturated rings. The number of aryl methyl sites for hydroxylation is 1. The quantitative estimate of drug-likeness (QED) is 0.886. The highest BCUT2D eigenvalue weighted by Gasteiger charge is 2.23. The van der Waals surface area contributed by atoms with Gasteiger partial charge in [-0.2, -0.15) is 0 Å². The van der Waals surface area contributed by atoms with E-state index in [0.717, 1.165) is 31.8 Å². The van der Waals surface area contributed by atoms with Gasteiger partial charge in [0, 0.05) is 25.3 Å². The Morgan fingerprint density at radius 2 is 2.44 bits per heavy atom. The molecule has 1 atom stereocenters. The average Bonchev–Trinajstić information content (AvgIpc) is 3.00. The lowest BCUT2D eigenvalue weighted by atomic mass is 10.2. The number of fused-ring (bicyclic) bond motifs is 1. The summed E-state index contributed by atoms with van der Waals surface area (Å²) in [4.78, 5) is 6.43. The molecule has 1 N–H and O–H groups in total. The van der Waals surface area contributed by atoms with E-state index in [2.05, 4.69) is 14.5 Å². The van der Waals surface area contributed by atoms with Crippen LogP contribution in [0.15, 0.2) is 35.3 Å². The predicted molar refractivity (Wildman–Crippen MR) is 65.7 cm³/mol. The minimum Gasteiger partial charge on any atom is -0.468 e. The van der Waals surface area contributed by atoms with Crippen LogP contribution in [-0.2, 0) is 19.6 Å². The van der Waals surface area contributed by atoms with Crippen molar-refractivity contribution in [1.82, 2.24) is 14.5 Å². The monoisotopic (exact) mass is 247 g/mol. The minimum atomic E-state index is 0.176. The summed E-state index contributed by atoms with van der Waals surface area (Å²) in [6.45, 7) is 2.61. The summed E-state index contributed by atoms with van der Waals surface area (Å²) in [6, 6.07) is 4.04. The first-order valence-electron chi connectivity index (χ1n) is 6.23. The fourth-order valence-electron chi connectivity index (χ4n) is 2.48. The molecule has 1 aliphatic heterocycles. The molecule has 0 radical (unpaired) electrons. The molecule has 3 heterocycles. The van der Waals surface area contributed by atoms with E-state index in [1.807, 2.05) is 24.7 Å². The first kappa shape index (κ1) is 11.5. The zero-order valence-electron chi connectivity index (χ0n) is 10.2. The van der Waals surface area contributed by atoms with Gasteiger partial charge >= 0.3 is 0 Å². The van der Waals surface area contributed by atoms with Gasteiger partial charge in [-0.05, 0) is 18.6 Å². The van der Waals surface area contributed by atoms with Crippen LogP contribution in [0.5, 0.6) is 0 Å². The molecule has 0 saturated heterocycles. The molecule has 5 nitrogen and oxygen atoms in total. The van der Waals surface area contributed by atoms with Crippen LogP contribution >= 0.6 is 0 Å². The lowest BCUT2D eigenvalue weighted by Gasteiger charge is -2.26. The normalized spacial score (nSPS) is 20.6. The van der Waals surface area contributed by atoms with Crippen molar-refractivity contribution in [3.8, 4) is 0 Å². The Morgan fingerprint density at radius 3 is 3.22 bits per heavy atom. The van der Waals surface area contributed by atoms with Crippen molar-refractivity contribution in [1.29, 1.82) is 0 Å². The number of aliphatic hydroxyl groups excluding tert-OH is 1. The molecule has 0 aromatic carbocycles.